The second-order valence-corrected chi connectivity index (χ2v) is 5.39. The van der Waals surface area contributed by atoms with Crippen molar-refractivity contribution in [2.75, 3.05) is 6.61 Å². The zero-order valence-electron chi connectivity index (χ0n) is 12.7. The second-order valence-electron chi connectivity index (χ2n) is 5.39. The summed E-state index contributed by atoms with van der Waals surface area (Å²) in [5.41, 5.74) is 1.17. The van der Waals surface area contributed by atoms with Crippen molar-refractivity contribution in [3.63, 3.8) is 0 Å². The fourth-order valence-corrected chi connectivity index (χ4v) is 2.32. The number of nitrogens with zero attached hydrogens (tertiary/aromatic N) is 3. The Balaban J connectivity index is 1.70. The van der Waals surface area contributed by atoms with Crippen LogP contribution in [0.15, 0.2) is 28.8 Å². The smallest absolute Gasteiger partial charge is 0.329 e. The molecule has 1 aliphatic rings. The molecule has 3 rings (SSSR count). The number of alkyl halides is 3. The molecule has 2 heterocycles. The van der Waals surface area contributed by atoms with Crippen LogP contribution in [0, 0.1) is 5.92 Å². The normalized spacial score (nSPS) is 18.4. The Labute approximate surface area is 135 Å². The quantitative estimate of drug-likeness (QED) is 0.855. The van der Waals surface area contributed by atoms with E-state index in [0.717, 1.165) is 5.56 Å². The minimum absolute atomic E-state index is 0.0606. The van der Waals surface area contributed by atoms with Gasteiger partial charge >= 0.3 is 12.1 Å². The Bertz CT molecular complexity index is 728. The van der Waals surface area contributed by atoms with Gasteiger partial charge in [0.1, 0.15) is 0 Å². The molecule has 0 bridgehead atoms. The SMILES string of the molecule is CCC1CON(Cc2ccc(-c3noc(C(F)(F)F)n3)cc2)C1=O. The fourth-order valence-electron chi connectivity index (χ4n) is 2.32. The van der Waals surface area contributed by atoms with E-state index >= 15 is 0 Å². The third kappa shape index (κ3) is 3.25. The third-order valence-electron chi connectivity index (χ3n) is 3.73. The summed E-state index contributed by atoms with van der Waals surface area (Å²) in [6.45, 7) is 2.57. The van der Waals surface area contributed by atoms with Crippen LogP contribution in [0.5, 0.6) is 0 Å². The Morgan fingerprint density at radius 3 is 2.54 bits per heavy atom. The first-order valence-corrected chi connectivity index (χ1v) is 7.33. The molecule has 9 heteroatoms. The predicted molar refractivity (Wildman–Crippen MR) is 75.0 cm³/mol. The predicted octanol–water partition coefficient (Wildman–Crippen LogP) is 3.06. The van der Waals surface area contributed by atoms with E-state index in [2.05, 4.69) is 14.7 Å². The highest BCUT2D eigenvalue weighted by Crippen LogP contribution is 2.29. The Morgan fingerprint density at radius 2 is 2.00 bits per heavy atom. The summed E-state index contributed by atoms with van der Waals surface area (Å²) in [4.78, 5) is 20.7. The van der Waals surface area contributed by atoms with Crippen LogP contribution in [0.3, 0.4) is 0 Å². The molecule has 0 aliphatic carbocycles. The molecule has 1 saturated heterocycles. The lowest BCUT2D eigenvalue weighted by molar-refractivity contribution is -0.164. The number of carbonyl (C=O) groups excluding carboxylic acids is 1. The van der Waals surface area contributed by atoms with Crippen molar-refractivity contribution >= 4 is 5.91 Å². The average molecular weight is 341 g/mol. The number of hydroxylamine groups is 2. The third-order valence-corrected chi connectivity index (χ3v) is 3.73. The molecule has 0 N–H and O–H groups in total. The Hall–Kier alpha value is -2.42. The number of amides is 1. The molecule has 1 aliphatic heterocycles. The van der Waals surface area contributed by atoms with Crippen LogP contribution in [-0.4, -0.2) is 27.7 Å². The summed E-state index contributed by atoms with van der Waals surface area (Å²) in [5.74, 6) is -1.71. The molecular formula is C15H14F3N3O3. The van der Waals surface area contributed by atoms with Gasteiger partial charge in [0.05, 0.1) is 19.1 Å². The topological polar surface area (TPSA) is 68.5 Å². The standard InChI is InChI=1S/C15H14F3N3O3/c1-2-10-8-23-21(13(10)22)7-9-3-5-11(6-4-9)12-19-14(24-20-12)15(16,17)18/h3-6,10H,2,7-8H2,1H3. The maximum atomic E-state index is 12.5. The van der Waals surface area contributed by atoms with Crippen LogP contribution in [0.25, 0.3) is 11.4 Å². The monoisotopic (exact) mass is 341 g/mol. The van der Waals surface area contributed by atoms with E-state index in [-0.39, 0.29) is 24.2 Å². The highest BCUT2D eigenvalue weighted by Gasteiger charge is 2.38. The number of halogens is 3. The van der Waals surface area contributed by atoms with Gasteiger partial charge in [-0.05, 0) is 12.0 Å². The van der Waals surface area contributed by atoms with E-state index in [9.17, 15) is 18.0 Å². The molecule has 1 aromatic carbocycles. The summed E-state index contributed by atoms with van der Waals surface area (Å²) in [6.07, 6.45) is -3.96. The molecule has 1 fully saturated rings. The number of hydrogen-bond donors (Lipinski definition) is 0. The van der Waals surface area contributed by atoms with Crippen LogP contribution in [0.1, 0.15) is 24.8 Å². The Kier molecular flexibility index (Phi) is 4.27. The lowest BCUT2D eigenvalue weighted by Gasteiger charge is -2.14. The van der Waals surface area contributed by atoms with Crippen molar-refractivity contribution in [2.24, 2.45) is 5.92 Å². The van der Waals surface area contributed by atoms with E-state index < -0.39 is 12.1 Å². The molecule has 0 saturated carbocycles. The highest BCUT2D eigenvalue weighted by atomic mass is 19.4. The number of benzene rings is 1. The van der Waals surface area contributed by atoms with Crippen molar-refractivity contribution in [1.29, 1.82) is 0 Å². The first-order chi connectivity index (χ1) is 11.4. The average Bonchev–Trinajstić information content (AvgIpc) is 3.16. The van der Waals surface area contributed by atoms with E-state index in [1.54, 1.807) is 24.3 Å². The largest absolute Gasteiger partial charge is 0.471 e. The summed E-state index contributed by atoms with van der Waals surface area (Å²) < 4.78 is 41.6. The van der Waals surface area contributed by atoms with Gasteiger partial charge in [-0.2, -0.15) is 18.2 Å². The van der Waals surface area contributed by atoms with Crippen molar-refractivity contribution in [3.05, 3.63) is 35.7 Å². The van der Waals surface area contributed by atoms with Crippen molar-refractivity contribution in [2.45, 2.75) is 26.1 Å². The zero-order chi connectivity index (χ0) is 17.3. The van der Waals surface area contributed by atoms with Crippen LogP contribution in [0.4, 0.5) is 13.2 Å². The molecule has 24 heavy (non-hydrogen) atoms. The molecule has 0 radical (unpaired) electrons. The van der Waals surface area contributed by atoms with Crippen molar-refractivity contribution < 1.29 is 27.3 Å². The maximum absolute atomic E-state index is 12.5. The molecule has 1 aromatic heterocycles. The van der Waals surface area contributed by atoms with Crippen LogP contribution in [0.2, 0.25) is 0 Å². The maximum Gasteiger partial charge on any atom is 0.471 e. The lowest BCUT2D eigenvalue weighted by atomic mass is 10.1. The van der Waals surface area contributed by atoms with Gasteiger partial charge in [0, 0.05) is 5.56 Å². The number of hydrogen-bond acceptors (Lipinski definition) is 5. The van der Waals surface area contributed by atoms with Crippen LogP contribution >= 0.6 is 0 Å². The highest BCUT2D eigenvalue weighted by molar-refractivity contribution is 5.79. The number of carbonyl (C=O) groups is 1. The van der Waals surface area contributed by atoms with Gasteiger partial charge in [0.15, 0.2) is 0 Å². The van der Waals surface area contributed by atoms with Crippen LogP contribution in [-0.2, 0) is 22.4 Å². The summed E-state index contributed by atoms with van der Waals surface area (Å²) >= 11 is 0. The lowest BCUT2D eigenvalue weighted by Crippen LogP contribution is -2.25. The van der Waals surface area contributed by atoms with Gasteiger partial charge in [0.2, 0.25) is 5.82 Å². The van der Waals surface area contributed by atoms with Crippen molar-refractivity contribution in [1.82, 2.24) is 15.2 Å². The number of aromatic nitrogens is 2. The number of rotatable bonds is 4. The van der Waals surface area contributed by atoms with E-state index in [4.69, 9.17) is 4.84 Å². The minimum Gasteiger partial charge on any atom is -0.329 e. The summed E-state index contributed by atoms with van der Waals surface area (Å²) in [7, 11) is 0. The van der Waals surface area contributed by atoms with E-state index in [0.29, 0.717) is 18.6 Å². The van der Waals surface area contributed by atoms with Gasteiger partial charge in [-0.3, -0.25) is 9.63 Å². The van der Waals surface area contributed by atoms with Gasteiger partial charge in [0.25, 0.3) is 5.91 Å². The molecule has 128 valence electrons. The van der Waals surface area contributed by atoms with Gasteiger partial charge < -0.3 is 4.52 Å². The van der Waals surface area contributed by atoms with Crippen molar-refractivity contribution in [3.8, 4) is 11.4 Å². The molecule has 6 nitrogen and oxygen atoms in total. The van der Waals surface area contributed by atoms with E-state index in [1.165, 1.54) is 5.06 Å². The molecule has 1 unspecified atom stereocenters. The van der Waals surface area contributed by atoms with Crippen LogP contribution < -0.4 is 0 Å². The zero-order valence-corrected chi connectivity index (χ0v) is 12.7. The molecule has 1 amide bonds. The van der Waals surface area contributed by atoms with Gasteiger partial charge in [-0.15, -0.1) is 0 Å². The molecule has 2 aromatic rings. The summed E-state index contributed by atoms with van der Waals surface area (Å²) in [5, 5.41) is 4.63. The van der Waals surface area contributed by atoms with Gasteiger partial charge in [-0.25, -0.2) is 5.06 Å². The van der Waals surface area contributed by atoms with Gasteiger partial charge in [-0.1, -0.05) is 36.3 Å². The molecule has 1 atom stereocenters. The second kappa shape index (κ2) is 6.23. The van der Waals surface area contributed by atoms with E-state index in [1.807, 2.05) is 6.92 Å². The first-order valence-electron chi connectivity index (χ1n) is 7.33. The molecule has 0 spiro atoms. The Morgan fingerprint density at radius 1 is 1.29 bits per heavy atom. The first kappa shape index (κ1) is 16.4. The molecular weight excluding hydrogens is 327 g/mol. The summed E-state index contributed by atoms with van der Waals surface area (Å²) in [6, 6.07) is 6.49. The minimum atomic E-state index is -4.67. The fraction of sp³-hybridized carbons (Fsp3) is 0.400.